The zero-order valence-corrected chi connectivity index (χ0v) is 24.6. The predicted octanol–water partition coefficient (Wildman–Crippen LogP) is 7.32. The second kappa shape index (κ2) is 11.7. The van der Waals surface area contributed by atoms with Crippen molar-refractivity contribution in [2.75, 3.05) is 0 Å². The predicted molar refractivity (Wildman–Crippen MR) is 180 cm³/mol. The van der Waals surface area contributed by atoms with E-state index in [9.17, 15) is 0 Å². The van der Waals surface area contributed by atoms with Gasteiger partial charge in [0.2, 0.25) is 0 Å². The van der Waals surface area contributed by atoms with Crippen LogP contribution >= 0.6 is 14.5 Å². The van der Waals surface area contributed by atoms with Gasteiger partial charge in [-0.15, -0.1) is 0 Å². The highest BCUT2D eigenvalue weighted by molar-refractivity contribution is 8.11. The Hall–Kier alpha value is -3.82. The van der Waals surface area contributed by atoms with Crippen molar-refractivity contribution in [2.45, 2.75) is 12.3 Å². The molecule has 0 aromatic heterocycles. The van der Waals surface area contributed by atoms with Crippen molar-refractivity contribution >= 4 is 46.4 Å². The fourth-order valence-corrected chi connectivity index (χ4v) is 19.1. The topological polar surface area (TPSA) is 0 Å². The Morgan fingerprint density at radius 3 is 0.575 bits per heavy atom. The second-order valence-electron chi connectivity index (χ2n) is 10.1. The van der Waals surface area contributed by atoms with Crippen LogP contribution in [-0.2, 0) is 0 Å². The minimum Gasteiger partial charge on any atom is -0.0620 e. The standard InChI is InChI=1S/C38H34P2/c1-32(39(33-20-8-2-9-21-33,34-22-10-3-11-23-34)35-24-12-4-13-25-35)40(36-26-14-5-15-27-36,37-28-16-6-17-29-37)38-30-18-7-19-31-38/h2-32H,1H3/q+2. The zero-order chi connectivity index (χ0) is 27.3. The van der Waals surface area contributed by atoms with Gasteiger partial charge in [-0.25, -0.2) is 0 Å². The van der Waals surface area contributed by atoms with Gasteiger partial charge >= 0.3 is 0 Å². The normalized spacial score (nSPS) is 11.8. The van der Waals surface area contributed by atoms with Gasteiger partial charge in [-0.05, 0) is 72.8 Å². The van der Waals surface area contributed by atoms with Gasteiger partial charge in [-0.3, -0.25) is 0 Å². The third-order valence-electron chi connectivity index (χ3n) is 8.10. The molecule has 0 spiro atoms. The van der Waals surface area contributed by atoms with Gasteiger partial charge in [-0.2, -0.15) is 0 Å². The highest BCUT2D eigenvalue weighted by Gasteiger charge is 2.66. The molecular weight excluding hydrogens is 518 g/mol. The molecule has 6 rings (SSSR count). The summed E-state index contributed by atoms with van der Waals surface area (Å²) in [4.78, 5) is 0. The van der Waals surface area contributed by atoms with E-state index in [1.165, 1.54) is 31.8 Å². The van der Waals surface area contributed by atoms with Crippen LogP contribution in [0, 0.1) is 0 Å². The fourth-order valence-electron chi connectivity index (χ4n) is 6.43. The van der Waals surface area contributed by atoms with Crippen molar-refractivity contribution in [2.24, 2.45) is 0 Å². The molecule has 194 valence electrons. The molecule has 0 fully saturated rings. The van der Waals surface area contributed by atoms with E-state index in [2.05, 4.69) is 189 Å². The molecule has 6 aromatic rings. The largest absolute Gasteiger partial charge is 0.194 e. The average molecular weight is 553 g/mol. The Balaban J connectivity index is 1.81. The molecule has 0 radical (unpaired) electrons. The second-order valence-corrected chi connectivity index (χ2v) is 18.0. The maximum absolute atomic E-state index is 2.56. The molecule has 0 N–H and O–H groups in total. The van der Waals surface area contributed by atoms with Gasteiger partial charge in [-0.1, -0.05) is 109 Å². The van der Waals surface area contributed by atoms with E-state index in [4.69, 9.17) is 0 Å². The molecule has 0 aliphatic rings. The van der Waals surface area contributed by atoms with E-state index in [1.54, 1.807) is 0 Å². The van der Waals surface area contributed by atoms with Crippen LogP contribution in [0.4, 0.5) is 0 Å². The van der Waals surface area contributed by atoms with Crippen molar-refractivity contribution < 1.29 is 0 Å². The molecule has 0 bridgehead atoms. The Bertz CT molecular complexity index is 1300. The van der Waals surface area contributed by atoms with E-state index < -0.39 is 14.5 Å². The summed E-state index contributed by atoms with van der Waals surface area (Å²) >= 11 is 0. The van der Waals surface area contributed by atoms with E-state index in [0.29, 0.717) is 0 Å². The number of rotatable bonds is 8. The van der Waals surface area contributed by atoms with Gasteiger partial charge in [0.1, 0.15) is 31.8 Å². The maximum atomic E-state index is 2.56. The summed E-state index contributed by atoms with van der Waals surface area (Å²) in [5.74, 6) is 0. The van der Waals surface area contributed by atoms with E-state index in [0.717, 1.165) is 0 Å². The molecule has 40 heavy (non-hydrogen) atoms. The number of hydrogen-bond donors (Lipinski definition) is 0. The lowest BCUT2D eigenvalue weighted by molar-refractivity contribution is 1.35. The Kier molecular flexibility index (Phi) is 7.75. The summed E-state index contributed by atoms with van der Waals surface area (Å²) < 4.78 is 0. The maximum Gasteiger partial charge on any atom is 0.194 e. The third-order valence-corrected chi connectivity index (χ3v) is 19.1. The van der Waals surface area contributed by atoms with E-state index in [-0.39, 0.29) is 5.40 Å². The summed E-state index contributed by atoms with van der Waals surface area (Å²) in [5.41, 5.74) is 0. The summed E-state index contributed by atoms with van der Waals surface area (Å²) in [5, 5.41) is 8.82. The molecule has 0 atom stereocenters. The van der Waals surface area contributed by atoms with Gasteiger partial charge in [0.25, 0.3) is 0 Å². The van der Waals surface area contributed by atoms with Gasteiger partial charge < -0.3 is 0 Å². The molecule has 0 saturated heterocycles. The molecule has 0 unspecified atom stereocenters. The van der Waals surface area contributed by atoms with Crippen molar-refractivity contribution in [3.05, 3.63) is 182 Å². The van der Waals surface area contributed by atoms with Crippen LogP contribution < -0.4 is 31.8 Å². The monoisotopic (exact) mass is 552 g/mol. The van der Waals surface area contributed by atoms with E-state index in [1.807, 2.05) is 0 Å². The molecule has 2 heteroatoms. The molecular formula is C38H34P2+2. The van der Waals surface area contributed by atoms with Crippen LogP contribution in [0.5, 0.6) is 0 Å². The van der Waals surface area contributed by atoms with Crippen LogP contribution in [0.2, 0.25) is 0 Å². The molecule has 0 aliphatic carbocycles. The van der Waals surface area contributed by atoms with Crippen molar-refractivity contribution in [1.82, 2.24) is 0 Å². The minimum atomic E-state index is -2.21. The molecule has 0 heterocycles. The lowest BCUT2D eigenvalue weighted by Crippen LogP contribution is -2.46. The molecule has 0 nitrogen and oxygen atoms in total. The first kappa shape index (κ1) is 26.4. The first-order valence-corrected chi connectivity index (χ1v) is 17.6. The first-order chi connectivity index (χ1) is 19.8. The van der Waals surface area contributed by atoms with Crippen LogP contribution in [-0.4, -0.2) is 5.40 Å². The molecule has 0 aliphatic heterocycles. The summed E-state index contributed by atoms with van der Waals surface area (Å²) in [7, 11) is -4.43. The highest BCUT2D eigenvalue weighted by Crippen LogP contribution is 2.76. The smallest absolute Gasteiger partial charge is 0.0620 e. The first-order valence-electron chi connectivity index (χ1n) is 13.9. The van der Waals surface area contributed by atoms with Gasteiger partial charge in [0.05, 0.1) is 0 Å². The summed E-state index contributed by atoms with van der Waals surface area (Å²) in [6.07, 6.45) is 0. The zero-order valence-electron chi connectivity index (χ0n) is 22.8. The average Bonchev–Trinajstić information content (AvgIpc) is 3.05. The van der Waals surface area contributed by atoms with Crippen LogP contribution in [0.3, 0.4) is 0 Å². The van der Waals surface area contributed by atoms with E-state index >= 15 is 0 Å². The molecule has 0 saturated carbocycles. The van der Waals surface area contributed by atoms with Crippen LogP contribution in [0.15, 0.2) is 182 Å². The highest BCUT2D eigenvalue weighted by atomic mass is 31.2. The van der Waals surface area contributed by atoms with Crippen molar-refractivity contribution in [1.29, 1.82) is 0 Å². The number of benzene rings is 6. The SMILES string of the molecule is CC([P+](c1ccccc1)(c1ccccc1)c1ccccc1)[P+](c1ccccc1)(c1ccccc1)c1ccccc1. The van der Waals surface area contributed by atoms with Crippen LogP contribution in [0.1, 0.15) is 6.92 Å². The quantitative estimate of drug-likeness (QED) is 0.174. The van der Waals surface area contributed by atoms with Crippen molar-refractivity contribution in [3.8, 4) is 0 Å². The Labute approximate surface area is 240 Å². The summed E-state index contributed by atoms with van der Waals surface area (Å²) in [6.45, 7) is 2.56. The Morgan fingerprint density at radius 1 is 0.275 bits per heavy atom. The van der Waals surface area contributed by atoms with Gasteiger partial charge in [0, 0.05) is 6.92 Å². The fraction of sp³-hybridized carbons (Fsp3) is 0.0526. The molecule has 0 amide bonds. The van der Waals surface area contributed by atoms with Crippen molar-refractivity contribution in [3.63, 3.8) is 0 Å². The molecule has 6 aromatic carbocycles. The number of hydrogen-bond acceptors (Lipinski definition) is 0. The van der Waals surface area contributed by atoms with Gasteiger partial charge in [0.15, 0.2) is 19.9 Å². The third kappa shape index (κ3) is 4.43. The van der Waals surface area contributed by atoms with Crippen LogP contribution in [0.25, 0.3) is 0 Å². The summed E-state index contributed by atoms with van der Waals surface area (Å²) in [6, 6.07) is 68.0. The minimum absolute atomic E-state index is 0.277. The Morgan fingerprint density at radius 2 is 0.425 bits per heavy atom. The lowest BCUT2D eigenvalue weighted by Gasteiger charge is -2.40. The lowest BCUT2D eigenvalue weighted by atomic mass is 10.3.